The second-order valence-corrected chi connectivity index (χ2v) is 5.05. The molecular formula is C12H17NO6S. The molecule has 4 N–H and O–H groups in total. The van der Waals surface area contributed by atoms with Gasteiger partial charge >= 0.3 is 5.97 Å². The minimum absolute atomic E-state index is 0.0144. The largest absolute Gasteiger partial charge is 0.502 e. The molecule has 0 aromatic carbocycles. The Bertz CT molecular complexity index is 515. The number of aliphatic hydroxyl groups excluding tert-OH is 1. The van der Waals surface area contributed by atoms with E-state index in [1.54, 1.807) is 0 Å². The fourth-order valence-corrected chi connectivity index (χ4v) is 2.02. The van der Waals surface area contributed by atoms with E-state index in [0.29, 0.717) is 12.2 Å². The molecular weight excluding hydrogens is 286 g/mol. The molecule has 0 radical (unpaired) electrons. The Kier molecular flexibility index (Phi) is 6.56. The van der Waals surface area contributed by atoms with E-state index in [0.717, 1.165) is 6.07 Å². The lowest BCUT2D eigenvalue weighted by atomic mass is 10.2. The van der Waals surface area contributed by atoms with E-state index in [1.165, 1.54) is 11.8 Å². The molecule has 7 nitrogen and oxygen atoms in total. The van der Waals surface area contributed by atoms with E-state index >= 15 is 0 Å². The average molecular weight is 303 g/mol. The van der Waals surface area contributed by atoms with Gasteiger partial charge in [0.2, 0.25) is 11.2 Å². The lowest BCUT2D eigenvalue weighted by Gasteiger charge is -2.14. The van der Waals surface area contributed by atoms with E-state index in [-0.39, 0.29) is 18.1 Å². The third-order valence-corrected chi connectivity index (χ3v) is 3.26. The monoisotopic (exact) mass is 303 g/mol. The van der Waals surface area contributed by atoms with Crippen molar-refractivity contribution in [3.05, 3.63) is 27.8 Å². The Labute approximate surface area is 119 Å². The first kappa shape index (κ1) is 16.5. The number of aliphatic carboxylic acids is 1. The minimum atomic E-state index is -1.01. The molecule has 0 aliphatic carbocycles. The van der Waals surface area contributed by atoms with Crippen molar-refractivity contribution >= 4 is 17.7 Å². The van der Waals surface area contributed by atoms with Crippen molar-refractivity contribution in [2.24, 2.45) is 0 Å². The summed E-state index contributed by atoms with van der Waals surface area (Å²) in [5.74, 6) is -1.00. The third-order valence-electron chi connectivity index (χ3n) is 2.62. The normalized spacial score (nSPS) is 12.3. The summed E-state index contributed by atoms with van der Waals surface area (Å²) >= 11 is 1.52. The zero-order chi connectivity index (χ0) is 15.1. The molecule has 1 aromatic heterocycles. The summed E-state index contributed by atoms with van der Waals surface area (Å²) in [7, 11) is 0. The van der Waals surface area contributed by atoms with E-state index in [2.05, 4.69) is 5.32 Å². The summed E-state index contributed by atoms with van der Waals surface area (Å²) in [5.41, 5.74) is -0.673. The van der Waals surface area contributed by atoms with Crippen LogP contribution in [-0.2, 0) is 17.9 Å². The fraction of sp³-hybridized carbons (Fsp3) is 0.500. The van der Waals surface area contributed by atoms with Crippen molar-refractivity contribution in [1.29, 1.82) is 0 Å². The highest BCUT2D eigenvalue weighted by atomic mass is 32.2. The van der Waals surface area contributed by atoms with Gasteiger partial charge in [-0.25, -0.2) is 0 Å². The number of hydrogen-bond acceptors (Lipinski definition) is 7. The summed E-state index contributed by atoms with van der Waals surface area (Å²) in [6, 6.07) is 0.186. The summed E-state index contributed by atoms with van der Waals surface area (Å²) < 4.78 is 5.11. The first-order valence-electron chi connectivity index (χ1n) is 5.90. The number of nitrogens with one attached hydrogen (secondary N) is 1. The average Bonchev–Trinajstić information content (AvgIpc) is 2.42. The summed E-state index contributed by atoms with van der Waals surface area (Å²) in [6.45, 7) is -0.586. The van der Waals surface area contributed by atoms with Crippen LogP contribution < -0.4 is 10.7 Å². The van der Waals surface area contributed by atoms with Crippen molar-refractivity contribution in [3.63, 3.8) is 0 Å². The van der Waals surface area contributed by atoms with Crippen LogP contribution in [0.3, 0.4) is 0 Å². The zero-order valence-electron chi connectivity index (χ0n) is 11.0. The summed E-state index contributed by atoms with van der Waals surface area (Å²) in [4.78, 5) is 22.4. The number of hydrogen-bond donors (Lipinski definition) is 4. The van der Waals surface area contributed by atoms with Crippen LogP contribution in [0.5, 0.6) is 5.75 Å². The molecule has 0 saturated heterocycles. The second-order valence-electron chi connectivity index (χ2n) is 4.06. The highest BCUT2D eigenvalue weighted by Crippen LogP contribution is 2.14. The number of carbonyl (C=O) groups is 1. The molecule has 112 valence electrons. The Hall–Kier alpha value is -1.51. The number of aliphatic hydroxyl groups is 1. The molecule has 0 bridgehead atoms. The number of thioether (sulfide) groups is 1. The van der Waals surface area contributed by atoms with Crippen LogP contribution in [0.1, 0.15) is 17.9 Å². The van der Waals surface area contributed by atoms with Crippen LogP contribution >= 0.6 is 11.8 Å². The lowest BCUT2D eigenvalue weighted by Crippen LogP contribution is -2.36. The van der Waals surface area contributed by atoms with Crippen molar-refractivity contribution < 1.29 is 24.5 Å². The van der Waals surface area contributed by atoms with Gasteiger partial charge in [0.15, 0.2) is 5.76 Å². The van der Waals surface area contributed by atoms with Crippen molar-refractivity contribution in [2.45, 2.75) is 25.6 Å². The molecule has 1 unspecified atom stereocenters. The lowest BCUT2D eigenvalue weighted by molar-refractivity contribution is -0.139. The second kappa shape index (κ2) is 7.93. The van der Waals surface area contributed by atoms with Crippen LogP contribution in [0.4, 0.5) is 0 Å². The van der Waals surface area contributed by atoms with Crippen molar-refractivity contribution in [1.82, 2.24) is 5.32 Å². The third kappa shape index (κ3) is 4.55. The van der Waals surface area contributed by atoms with Crippen LogP contribution in [0.25, 0.3) is 0 Å². The van der Waals surface area contributed by atoms with E-state index in [9.17, 15) is 14.7 Å². The Morgan fingerprint density at radius 3 is 2.80 bits per heavy atom. The van der Waals surface area contributed by atoms with Gasteiger partial charge < -0.3 is 19.7 Å². The van der Waals surface area contributed by atoms with Gasteiger partial charge in [-0.1, -0.05) is 0 Å². The SMILES string of the molecule is CSCCC(NCc1oc(CO)cc(=O)c1O)C(=O)O. The summed E-state index contributed by atoms with van der Waals surface area (Å²) in [5, 5.41) is 30.2. The van der Waals surface area contributed by atoms with E-state index in [1.807, 2.05) is 6.26 Å². The van der Waals surface area contributed by atoms with Crippen molar-refractivity contribution in [2.75, 3.05) is 12.0 Å². The minimum Gasteiger partial charge on any atom is -0.502 e. The van der Waals surface area contributed by atoms with Gasteiger partial charge in [-0.2, -0.15) is 11.8 Å². The van der Waals surface area contributed by atoms with Gasteiger partial charge in [0.25, 0.3) is 0 Å². The van der Waals surface area contributed by atoms with E-state index in [4.69, 9.17) is 14.6 Å². The maximum atomic E-state index is 11.4. The number of aromatic hydroxyl groups is 1. The quantitative estimate of drug-likeness (QED) is 0.535. The first-order chi connectivity index (χ1) is 9.49. The highest BCUT2D eigenvalue weighted by molar-refractivity contribution is 7.98. The summed E-state index contributed by atoms with van der Waals surface area (Å²) in [6.07, 6.45) is 2.27. The number of carboxylic acid groups (broad SMARTS) is 1. The Balaban J connectivity index is 2.79. The van der Waals surface area contributed by atoms with Gasteiger partial charge in [0.1, 0.15) is 18.4 Å². The molecule has 0 amide bonds. The first-order valence-corrected chi connectivity index (χ1v) is 7.29. The molecule has 8 heteroatoms. The van der Waals surface area contributed by atoms with Gasteiger partial charge in [0, 0.05) is 6.07 Å². The molecule has 1 atom stereocenters. The van der Waals surface area contributed by atoms with Crippen LogP contribution in [0.15, 0.2) is 15.3 Å². The smallest absolute Gasteiger partial charge is 0.320 e. The molecule has 0 aliphatic rings. The maximum Gasteiger partial charge on any atom is 0.320 e. The molecule has 0 saturated carbocycles. The Morgan fingerprint density at radius 2 is 2.25 bits per heavy atom. The topological polar surface area (TPSA) is 120 Å². The van der Waals surface area contributed by atoms with Gasteiger partial charge in [-0.3, -0.25) is 14.9 Å². The van der Waals surface area contributed by atoms with Crippen LogP contribution in [-0.4, -0.2) is 39.3 Å². The fourth-order valence-electron chi connectivity index (χ4n) is 1.55. The van der Waals surface area contributed by atoms with E-state index < -0.39 is 29.8 Å². The predicted molar refractivity (Wildman–Crippen MR) is 73.8 cm³/mol. The van der Waals surface area contributed by atoms with Gasteiger partial charge in [-0.15, -0.1) is 0 Å². The maximum absolute atomic E-state index is 11.4. The molecule has 20 heavy (non-hydrogen) atoms. The number of carboxylic acids is 1. The van der Waals surface area contributed by atoms with Crippen LogP contribution in [0, 0.1) is 0 Å². The van der Waals surface area contributed by atoms with Crippen molar-refractivity contribution in [3.8, 4) is 5.75 Å². The van der Waals surface area contributed by atoms with Gasteiger partial charge in [-0.05, 0) is 18.4 Å². The number of rotatable bonds is 8. The molecule has 0 fully saturated rings. The predicted octanol–water partition coefficient (Wildman–Crippen LogP) is 0.134. The van der Waals surface area contributed by atoms with Crippen LogP contribution in [0.2, 0.25) is 0 Å². The van der Waals surface area contributed by atoms with Gasteiger partial charge in [0.05, 0.1) is 6.54 Å². The molecule has 0 aliphatic heterocycles. The molecule has 1 rings (SSSR count). The zero-order valence-corrected chi connectivity index (χ0v) is 11.8. The molecule has 1 heterocycles. The highest BCUT2D eigenvalue weighted by Gasteiger charge is 2.18. The Morgan fingerprint density at radius 1 is 1.55 bits per heavy atom. The molecule has 1 aromatic rings. The molecule has 0 spiro atoms. The standard InChI is InChI=1S/C12H17NO6S/c1-20-3-2-8(12(17)18)13-5-10-11(16)9(15)4-7(6-14)19-10/h4,8,13-14,16H,2-3,5-6H2,1H3,(H,17,18).